The number of aliphatic hydroxyl groups is 2. The lowest BCUT2D eigenvalue weighted by Crippen LogP contribution is -2.18. The summed E-state index contributed by atoms with van der Waals surface area (Å²) in [5.74, 6) is 0.492. The number of aliphatic hydroxyl groups excluding tert-OH is 2. The number of rotatable bonds is 11. The lowest BCUT2D eigenvalue weighted by molar-refractivity contribution is -0.132. The van der Waals surface area contributed by atoms with Gasteiger partial charge in [-0.3, -0.25) is 4.79 Å². The van der Waals surface area contributed by atoms with Gasteiger partial charge < -0.3 is 19.7 Å². The molecule has 0 aromatic heterocycles. The molecule has 24 heavy (non-hydrogen) atoms. The molecule has 0 bridgehead atoms. The Morgan fingerprint density at radius 2 is 1.83 bits per heavy atom. The molecule has 0 unspecified atom stereocenters. The summed E-state index contributed by atoms with van der Waals surface area (Å²) >= 11 is 0. The van der Waals surface area contributed by atoms with Crippen LogP contribution in [0.2, 0.25) is 0 Å². The predicted molar refractivity (Wildman–Crippen MR) is 93.4 cm³/mol. The summed E-state index contributed by atoms with van der Waals surface area (Å²) in [6, 6.07) is 5.36. The van der Waals surface area contributed by atoms with Gasteiger partial charge in [0.2, 0.25) is 0 Å². The normalized spacial score (nSPS) is 13.4. The number of carbonyl (C=O) groups excluding carboxylic acids is 1. The lowest BCUT2D eigenvalue weighted by atomic mass is 10.00. The number of aryl methyl sites for hydroxylation is 1. The van der Waals surface area contributed by atoms with Gasteiger partial charge in [-0.1, -0.05) is 32.3 Å². The molecule has 5 nitrogen and oxygen atoms in total. The SMILES string of the molecule is CCCCC[C@H](O)C[C@H](O)CCc1ccc(OC(C)=O)c(OC)c1. The van der Waals surface area contributed by atoms with Crippen LogP contribution in [0.1, 0.15) is 57.9 Å². The predicted octanol–water partition coefficient (Wildman–Crippen LogP) is 3.25. The van der Waals surface area contributed by atoms with Gasteiger partial charge in [-0.15, -0.1) is 0 Å². The van der Waals surface area contributed by atoms with Crippen LogP contribution in [-0.2, 0) is 11.2 Å². The molecule has 0 aliphatic rings. The van der Waals surface area contributed by atoms with Gasteiger partial charge in [0.1, 0.15) is 0 Å². The first-order chi connectivity index (χ1) is 11.5. The van der Waals surface area contributed by atoms with E-state index in [2.05, 4.69) is 6.92 Å². The Kier molecular flexibility index (Phi) is 9.42. The van der Waals surface area contributed by atoms with E-state index >= 15 is 0 Å². The van der Waals surface area contributed by atoms with Gasteiger partial charge in [0.05, 0.1) is 19.3 Å². The molecular formula is C19H30O5. The summed E-state index contributed by atoms with van der Waals surface area (Å²) in [5.41, 5.74) is 0.988. The van der Waals surface area contributed by atoms with E-state index in [0.29, 0.717) is 30.8 Å². The van der Waals surface area contributed by atoms with Gasteiger partial charge in [0.15, 0.2) is 11.5 Å². The summed E-state index contributed by atoms with van der Waals surface area (Å²) in [7, 11) is 1.52. The Morgan fingerprint density at radius 3 is 2.46 bits per heavy atom. The Labute approximate surface area is 144 Å². The highest BCUT2D eigenvalue weighted by molar-refractivity contribution is 5.70. The molecule has 0 aliphatic carbocycles. The van der Waals surface area contributed by atoms with E-state index in [9.17, 15) is 15.0 Å². The Bertz CT molecular complexity index is 501. The Morgan fingerprint density at radius 1 is 1.12 bits per heavy atom. The quantitative estimate of drug-likeness (QED) is 0.368. The second-order valence-corrected chi connectivity index (χ2v) is 6.16. The minimum absolute atomic E-state index is 0.389. The van der Waals surface area contributed by atoms with Crippen LogP contribution in [0.4, 0.5) is 0 Å². The minimum atomic E-state index is -0.527. The summed E-state index contributed by atoms with van der Waals surface area (Å²) in [5, 5.41) is 20.0. The number of methoxy groups -OCH3 is 1. The monoisotopic (exact) mass is 338 g/mol. The van der Waals surface area contributed by atoms with Crippen LogP contribution in [0.5, 0.6) is 11.5 Å². The van der Waals surface area contributed by atoms with Gasteiger partial charge in [-0.05, 0) is 43.4 Å². The van der Waals surface area contributed by atoms with Gasteiger partial charge in [-0.2, -0.15) is 0 Å². The molecule has 1 rings (SSSR count). The number of unbranched alkanes of at least 4 members (excludes halogenated alkanes) is 2. The van der Waals surface area contributed by atoms with Crippen LogP contribution in [-0.4, -0.2) is 35.5 Å². The Hall–Kier alpha value is -1.59. The van der Waals surface area contributed by atoms with Gasteiger partial charge in [0, 0.05) is 6.92 Å². The molecule has 136 valence electrons. The zero-order chi connectivity index (χ0) is 17.9. The van der Waals surface area contributed by atoms with Crippen molar-refractivity contribution in [1.82, 2.24) is 0 Å². The molecule has 0 amide bonds. The highest BCUT2D eigenvalue weighted by atomic mass is 16.6. The van der Waals surface area contributed by atoms with Crippen molar-refractivity contribution in [3.63, 3.8) is 0 Å². The summed E-state index contributed by atoms with van der Waals surface area (Å²) in [6.07, 6.45) is 4.66. The van der Waals surface area contributed by atoms with Crippen molar-refractivity contribution in [2.75, 3.05) is 7.11 Å². The van der Waals surface area contributed by atoms with Crippen LogP contribution in [0.3, 0.4) is 0 Å². The molecule has 0 fully saturated rings. The molecule has 0 saturated carbocycles. The summed E-state index contributed by atoms with van der Waals surface area (Å²) in [4.78, 5) is 11.0. The second kappa shape index (κ2) is 11.0. The maximum absolute atomic E-state index is 11.0. The first-order valence-corrected chi connectivity index (χ1v) is 8.67. The fourth-order valence-corrected chi connectivity index (χ4v) is 2.62. The van der Waals surface area contributed by atoms with Crippen molar-refractivity contribution >= 4 is 5.97 Å². The van der Waals surface area contributed by atoms with Gasteiger partial charge in [0.25, 0.3) is 0 Å². The third kappa shape index (κ3) is 7.79. The highest BCUT2D eigenvalue weighted by Gasteiger charge is 2.13. The van der Waals surface area contributed by atoms with E-state index in [-0.39, 0.29) is 0 Å². The van der Waals surface area contributed by atoms with E-state index in [1.807, 2.05) is 12.1 Å². The van der Waals surface area contributed by atoms with E-state index in [0.717, 1.165) is 31.2 Å². The fourth-order valence-electron chi connectivity index (χ4n) is 2.62. The number of benzene rings is 1. The van der Waals surface area contributed by atoms with Crippen molar-refractivity contribution in [3.05, 3.63) is 23.8 Å². The van der Waals surface area contributed by atoms with Gasteiger partial charge in [-0.25, -0.2) is 0 Å². The average Bonchev–Trinajstić information content (AvgIpc) is 2.53. The van der Waals surface area contributed by atoms with E-state index in [1.54, 1.807) is 6.07 Å². The number of esters is 1. The van der Waals surface area contributed by atoms with Crippen LogP contribution in [0.25, 0.3) is 0 Å². The highest BCUT2D eigenvalue weighted by Crippen LogP contribution is 2.29. The van der Waals surface area contributed by atoms with Crippen molar-refractivity contribution in [2.24, 2.45) is 0 Å². The van der Waals surface area contributed by atoms with E-state index in [1.165, 1.54) is 14.0 Å². The third-order valence-electron chi connectivity index (χ3n) is 3.93. The van der Waals surface area contributed by atoms with Crippen molar-refractivity contribution in [1.29, 1.82) is 0 Å². The molecule has 1 aromatic carbocycles. The molecule has 1 aromatic rings. The molecule has 0 spiro atoms. The topological polar surface area (TPSA) is 76.0 Å². The maximum atomic E-state index is 11.0. The lowest BCUT2D eigenvalue weighted by Gasteiger charge is -2.16. The van der Waals surface area contributed by atoms with E-state index in [4.69, 9.17) is 9.47 Å². The largest absolute Gasteiger partial charge is 0.493 e. The smallest absolute Gasteiger partial charge is 0.308 e. The van der Waals surface area contributed by atoms with Crippen molar-refractivity contribution < 1.29 is 24.5 Å². The molecule has 0 saturated heterocycles. The number of carbonyl (C=O) groups is 1. The molecule has 2 atom stereocenters. The summed E-state index contributed by atoms with van der Waals surface area (Å²) in [6.45, 7) is 3.47. The number of hydrogen-bond donors (Lipinski definition) is 2. The molecule has 0 aliphatic heterocycles. The van der Waals surface area contributed by atoms with Crippen LogP contribution in [0, 0.1) is 0 Å². The van der Waals surface area contributed by atoms with E-state index < -0.39 is 18.2 Å². The molecule has 0 radical (unpaired) electrons. The standard InChI is InChI=1S/C19H30O5/c1-4-5-6-7-16(21)13-17(22)10-8-15-9-11-18(24-14(2)20)19(12-15)23-3/h9,11-12,16-17,21-22H,4-8,10,13H2,1-3H3/t16-,17+/m0/s1. The number of hydrogen-bond acceptors (Lipinski definition) is 5. The average molecular weight is 338 g/mol. The molecule has 0 heterocycles. The molecule has 2 N–H and O–H groups in total. The zero-order valence-electron chi connectivity index (χ0n) is 15.0. The van der Waals surface area contributed by atoms with Crippen LogP contribution >= 0.6 is 0 Å². The summed E-state index contributed by atoms with van der Waals surface area (Å²) < 4.78 is 10.3. The van der Waals surface area contributed by atoms with Crippen molar-refractivity contribution in [2.45, 2.75) is 71.0 Å². The van der Waals surface area contributed by atoms with Crippen LogP contribution in [0.15, 0.2) is 18.2 Å². The number of ether oxygens (including phenoxy) is 2. The van der Waals surface area contributed by atoms with Crippen LogP contribution < -0.4 is 9.47 Å². The third-order valence-corrected chi connectivity index (χ3v) is 3.93. The first kappa shape index (κ1) is 20.5. The first-order valence-electron chi connectivity index (χ1n) is 8.67. The molecular weight excluding hydrogens is 308 g/mol. The second-order valence-electron chi connectivity index (χ2n) is 6.16. The zero-order valence-corrected chi connectivity index (χ0v) is 15.0. The van der Waals surface area contributed by atoms with Gasteiger partial charge >= 0.3 is 5.97 Å². The Balaban J connectivity index is 2.47. The maximum Gasteiger partial charge on any atom is 0.308 e. The minimum Gasteiger partial charge on any atom is -0.493 e. The molecule has 5 heteroatoms. The van der Waals surface area contributed by atoms with Crippen molar-refractivity contribution in [3.8, 4) is 11.5 Å². The fraction of sp³-hybridized carbons (Fsp3) is 0.632.